The van der Waals surface area contributed by atoms with Crippen LogP contribution in [0.3, 0.4) is 0 Å². The molecule has 7 heteroatoms. The van der Waals surface area contributed by atoms with Crippen molar-refractivity contribution < 1.29 is 4.39 Å². The average Bonchev–Trinajstić information content (AvgIpc) is 2.56. The van der Waals surface area contributed by atoms with Crippen LogP contribution in [0.2, 0.25) is 0 Å². The minimum Gasteiger partial charge on any atom is -0.358 e. The summed E-state index contributed by atoms with van der Waals surface area (Å²) in [5.74, 6) is 1.07. The van der Waals surface area contributed by atoms with Gasteiger partial charge < -0.3 is 10.6 Å². The zero-order chi connectivity index (χ0) is 17.5. The van der Waals surface area contributed by atoms with Crippen molar-refractivity contribution in [3.63, 3.8) is 0 Å². The van der Waals surface area contributed by atoms with Crippen molar-refractivity contribution in [3.05, 3.63) is 35.6 Å². The summed E-state index contributed by atoms with van der Waals surface area (Å²) in [6.45, 7) is 5.08. The number of hydrogen-bond donors (Lipinski definition) is 4. The lowest BCUT2D eigenvalue weighted by molar-refractivity contribution is 0.224. The maximum absolute atomic E-state index is 12.8. The second kappa shape index (κ2) is 9.13. The van der Waals surface area contributed by atoms with E-state index in [1.807, 2.05) is 0 Å². The summed E-state index contributed by atoms with van der Waals surface area (Å²) < 4.78 is 12.8. The van der Waals surface area contributed by atoms with E-state index in [2.05, 4.69) is 35.3 Å². The molecular weight excluding hydrogens is 343 g/mol. The van der Waals surface area contributed by atoms with E-state index in [-0.39, 0.29) is 5.82 Å². The molecule has 0 bridgehead atoms. The Morgan fingerprint density at radius 3 is 2.46 bits per heavy atom. The third kappa shape index (κ3) is 5.87. The molecule has 4 nitrogen and oxygen atoms in total. The molecule has 4 N–H and O–H groups in total. The molecule has 1 aliphatic rings. The summed E-state index contributed by atoms with van der Waals surface area (Å²) in [4.78, 5) is 0. The predicted octanol–water partition coefficient (Wildman–Crippen LogP) is 2.99. The Bertz CT molecular complexity index is 564. The largest absolute Gasteiger partial charge is 0.358 e. The fourth-order valence-corrected chi connectivity index (χ4v) is 3.26. The van der Waals surface area contributed by atoms with Crippen LogP contribution in [0, 0.1) is 17.7 Å². The average molecular weight is 369 g/mol. The van der Waals surface area contributed by atoms with Crippen LogP contribution in [0.4, 0.5) is 4.39 Å². The monoisotopic (exact) mass is 368 g/mol. The second-order valence-corrected chi connectivity index (χ2v) is 7.22. The van der Waals surface area contributed by atoms with E-state index in [0.717, 1.165) is 12.0 Å². The summed E-state index contributed by atoms with van der Waals surface area (Å²) >= 11 is 10.5. The van der Waals surface area contributed by atoms with E-state index in [0.29, 0.717) is 34.6 Å². The van der Waals surface area contributed by atoms with Crippen molar-refractivity contribution in [1.82, 2.24) is 21.5 Å². The number of thiocarbonyl (C=S) groups is 2. The van der Waals surface area contributed by atoms with Crippen molar-refractivity contribution in [2.75, 3.05) is 0 Å². The summed E-state index contributed by atoms with van der Waals surface area (Å²) in [5.41, 5.74) is 6.74. The highest BCUT2D eigenvalue weighted by molar-refractivity contribution is 7.80. The van der Waals surface area contributed by atoms with Crippen LogP contribution in [0.5, 0.6) is 0 Å². The van der Waals surface area contributed by atoms with E-state index >= 15 is 0 Å². The third-order valence-corrected chi connectivity index (χ3v) is 5.15. The van der Waals surface area contributed by atoms with Crippen molar-refractivity contribution >= 4 is 34.7 Å². The van der Waals surface area contributed by atoms with Crippen molar-refractivity contribution in [2.24, 2.45) is 11.8 Å². The lowest BCUT2D eigenvalue weighted by Gasteiger charge is -2.35. The molecule has 0 spiro atoms. The summed E-state index contributed by atoms with van der Waals surface area (Å²) in [6, 6.07) is 6.69. The lowest BCUT2D eigenvalue weighted by atomic mass is 9.78. The number of rotatable bonds is 3. The number of hydrazine groups is 1. The molecule has 1 aromatic carbocycles. The molecule has 0 radical (unpaired) electrons. The fourth-order valence-electron chi connectivity index (χ4n) is 2.93. The first-order valence-electron chi connectivity index (χ1n) is 8.30. The molecule has 0 saturated heterocycles. The van der Waals surface area contributed by atoms with Gasteiger partial charge in [0.1, 0.15) is 5.82 Å². The van der Waals surface area contributed by atoms with Gasteiger partial charge in [-0.3, -0.25) is 10.9 Å². The first-order chi connectivity index (χ1) is 11.5. The van der Waals surface area contributed by atoms with E-state index in [9.17, 15) is 4.39 Å². The molecule has 1 saturated carbocycles. The molecule has 0 aromatic heterocycles. The van der Waals surface area contributed by atoms with Gasteiger partial charge in [0, 0.05) is 12.6 Å². The van der Waals surface area contributed by atoms with Gasteiger partial charge in [-0.2, -0.15) is 0 Å². The zero-order valence-electron chi connectivity index (χ0n) is 14.1. The predicted molar refractivity (Wildman–Crippen MR) is 104 cm³/mol. The number of nitrogens with one attached hydrogen (secondary N) is 4. The number of halogens is 1. The molecule has 0 amide bonds. The highest BCUT2D eigenvalue weighted by atomic mass is 32.1. The van der Waals surface area contributed by atoms with Gasteiger partial charge in [-0.05, 0) is 60.4 Å². The number of benzene rings is 1. The molecule has 0 unspecified atom stereocenters. The maximum atomic E-state index is 12.8. The molecule has 0 aliphatic heterocycles. The minimum absolute atomic E-state index is 0.246. The van der Waals surface area contributed by atoms with Gasteiger partial charge in [0.2, 0.25) is 0 Å². The Labute approximate surface area is 153 Å². The van der Waals surface area contributed by atoms with Crippen molar-refractivity contribution in [3.8, 4) is 0 Å². The number of hydrogen-bond acceptors (Lipinski definition) is 2. The van der Waals surface area contributed by atoms with Gasteiger partial charge in [-0.1, -0.05) is 38.8 Å². The van der Waals surface area contributed by atoms with Gasteiger partial charge >= 0.3 is 0 Å². The van der Waals surface area contributed by atoms with Crippen LogP contribution >= 0.6 is 24.4 Å². The highest BCUT2D eigenvalue weighted by Gasteiger charge is 2.27. The fraction of sp³-hybridized carbons (Fsp3) is 0.529. The van der Waals surface area contributed by atoms with Gasteiger partial charge in [0.05, 0.1) is 0 Å². The SMILES string of the molecule is C[C@@H]1[C@H](C)CCC[C@@H]1NC(=S)NNC(=S)NCc1ccc(F)cc1. The van der Waals surface area contributed by atoms with E-state index in [4.69, 9.17) is 24.4 Å². The Kier molecular flexibility index (Phi) is 7.17. The first-order valence-corrected chi connectivity index (χ1v) is 9.12. The Balaban J connectivity index is 1.67. The Hall–Kier alpha value is -1.47. The van der Waals surface area contributed by atoms with Crippen LogP contribution in [0.25, 0.3) is 0 Å². The Morgan fingerprint density at radius 2 is 1.75 bits per heavy atom. The summed E-state index contributed by atoms with van der Waals surface area (Å²) in [6.07, 6.45) is 3.66. The normalized spacial score (nSPS) is 23.2. The molecule has 1 fully saturated rings. The second-order valence-electron chi connectivity index (χ2n) is 6.41. The van der Waals surface area contributed by atoms with Crippen LogP contribution < -0.4 is 21.5 Å². The topological polar surface area (TPSA) is 48.1 Å². The van der Waals surface area contributed by atoms with Crippen LogP contribution in [0.15, 0.2) is 24.3 Å². The highest BCUT2D eigenvalue weighted by Crippen LogP contribution is 2.29. The van der Waals surface area contributed by atoms with Crippen LogP contribution in [-0.2, 0) is 6.54 Å². The quantitative estimate of drug-likeness (QED) is 0.486. The van der Waals surface area contributed by atoms with E-state index in [1.54, 1.807) is 12.1 Å². The molecule has 1 aliphatic carbocycles. The summed E-state index contributed by atoms with van der Waals surface area (Å²) in [7, 11) is 0. The molecule has 0 heterocycles. The lowest BCUT2D eigenvalue weighted by Crippen LogP contribution is -2.54. The molecule has 2 rings (SSSR count). The molecule has 3 atom stereocenters. The van der Waals surface area contributed by atoms with Crippen LogP contribution in [-0.4, -0.2) is 16.3 Å². The summed E-state index contributed by atoms with van der Waals surface area (Å²) in [5, 5.41) is 7.39. The molecule has 1 aromatic rings. The first kappa shape index (κ1) is 18.9. The third-order valence-electron chi connectivity index (χ3n) is 4.68. The maximum Gasteiger partial charge on any atom is 0.185 e. The molecule has 24 heavy (non-hydrogen) atoms. The van der Waals surface area contributed by atoms with Gasteiger partial charge in [0.15, 0.2) is 10.2 Å². The Morgan fingerprint density at radius 1 is 1.08 bits per heavy atom. The molecule has 132 valence electrons. The van der Waals surface area contributed by atoms with Crippen molar-refractivity contribution in [1.29, 1.82) is 0 Å². The van der Waals surface area contributed by atoms with Gasteiger partial charge in [-0.15, -0.1) is 0 Å². The zero-order valence-corrected chi connectivity index (χ0v) is 15.7. The molecular formula is C17H25FN4S2. The van der Waals surface area contributed by atoms with Gasteiger partial charge in [-0.25, -0.2) is 4.39 Å². The van der Waals surface area contributed by atoms with Crippen molar-refractivity contribution in [2.45, 2.75) is 45.7 Å². The standard InChI is InChI=1S/C17H25FN4S2/c1-11-4-3-5-15(12(11)2)20-17(24)22-21-16(23)19-10-13-6-8-14(18)9-7-13/h6-9,11-12,15H,3-5,10H2,1-2H3,(H2,19,21,23)(H2,20,22,24)/t11-,12-,15+/m1/s1. The van der Waals surface area contributed by atoms with E-state index < -0.39 is 0 Å². The minimum atomic E-state index is -0.246. The van der Waals surface area contributed by atoms with E-state index in [1.165, 1.54) is 25.0 Å². The van der Waals surface area contributed by atoms with Crippen LogP contribution in [0.1, 0.15) is 38.7 Å². The van der Waals surface area contributed by atoms with Gasteiger partial charge in [0.25, 0.3) is 0 Å². The smallest absolute Gasteiger partial charge is 0.185 e.